The summed E-state index contributed by atoms with van der Waals surface area (Å²) in [6.07, 6.45) is 2.76. The van der Waals surface area contributed by atoms with Crippen LogP contribution in [0.2, 0.25) is 0 Å². The number of carbonyl (C=O) groups is 1. The van der Waals surface area contributed by atoms with Crippen LogP contribution in [0.3, 0.4) is 0 Å². The highest BCUT2D eigenvalue weighted by molar-refractivity contribution is 7.92. The Hall–Kier alpha value is -2.91. The predicted octanol–water partition coefficient (Wildman–Crippen LogP) is 3.28. The lowest BCUT2D eigenvalue weighted by Gasteiger charge is -2.25. The maximum atomic E-state index is 12.9. The second kappa shape index (κ2) is 9.30. The Bertz CT molecular complexity index is 1330. The molecule has 9 heteroatoms. The van der Waals surface area contributed by atoms with Crippen molar-refractivity contribution in [3.05, 3.63) is 72.3 Å². The summed E-state index contributed by atoms with van der Waals surface area (Å²) in [5.41, 5.74) is 1.18. The van der Waals surface area contributed by atoms with Gasteiger partial charge < -0.3 is 5.32 Å². The molecule has 3 aromatic rings. The molecular weight excluding hydrogens is 448 g/mol. The molecule has 1 N–H and O–H groups in total. The number of sulfone groups is 1. The number of hydrogen-bond donors (Lipinski definition) is 1. The van der Waals surface area contributed by atoms with Crippen molar-refractivity contribution in [2.45, 2.75) is 24.3 Å². The summed E-state index contributed by atoms with van der Waals surface area (Å²) in [5, 5.41) is 4.47. The van der Waals surface area contributed by atoms with Crippen molar-refractivity contribution < 1.29 is 21.6 Å². The van der Waals surface area contributed by atoms with Crippen LogP contribution in [0, 0.1) is 0 Å². The lowest BCUT2D eigenvalue weighted by molar-refractivity contribution is -0.120. The van der Waals surface area contributed by atoms with Crippen LogP contribution in [-0.4, -0.2) is 41.8 Å². The Kier molecular flexibility index (Phi) is 6.90. The van der Waals surface area contributed by atoms with E-state index in [4.69, 9.17) is 0 Å². The highest BCUT2D eigenvalue weighted by atomic mass is 32.2. The fourth-order valence-corrected chi connectivity index (χ4v) is 5.04. The molecule has 32 heavy (non-hydrogen) atoms. The summed E-state index contributed by atoms with van der Waals surface area (Å²) in [7, 11) is -7.04. The van der Waals surface area contributed by atoms with Gasteiger partial charge in [0, 0.05) is 11.6 Å². The maximum Gasteiger partial charge on any atom is 0.241 e. The molecular formula is C23H26N2O5S2. The third-order valence-corrected chi connectivity index (χ3v) is 7.43. The van der Waals surface area contributed by atoms with Gasteiger partial charge in [-0.1, -0.05) is 55.5 Å². The van der Waals surface area contributed by atoms with Crippen molar-refractivity contribution in [3.63, 3.8) is 0 Å². The highest BCUT2D eigenvalue weighted by Crippen LogP contribution is 2.28. The second-order valence-electron chi connectivity index (χ2n) is 7.64. The number of nitrogens with zero attached hydrogens (tertiary/aromatic N) is 1. The zero-order chi connectivity index (χ0) is 23.5. The first-order valence-corrected chi connectivity index (χ1v) is 13.8. The molecule has 0 aromatic heterocycles. The third-order valence-electron chi connectivity index (χ3n) is 5.18. The van der Waals surface area contributed by atoms with E-state index in [-0.39, 0.29) is 17.5 Å². The molecule has 3 rings (SSSR count). The molecule has 0 spiro atoms. The van der Waals surface area contributed by atoms with Gasteiger partial charge in [-0.3, -0.25) is 9.10 Å². The lowest BCUT2D eigenvalue weighted by Crippen LogP contribution is -2.41. The standard InChI is InChI=1S/C23H26N2O5S2/c1-4-21(18-12-14-19(15-13-18)31(2,27)28)24-23(26)16-25(32(3,29)30)22-11-7-9-17-8-5-6-10-20(17)22/h5-15,21H,4,16H2,1-3H3,(H,24,26). The molecule has 0 aliphatic rings. The number of hydrogen-bond acceptors (Lipinski definition) is 5. The number of carbonyl (C=O) groups excluding carboxylic acids is 1. The molecule has 170 valence electrons. The monoisotopic (exact) mass is 474 g/mol. The second-order valence-corrected chi connectivity index (χ2v) is 11.6. The average molecular weight is 475 g/mol. The average Bonchev–Trinajstić information content (AvgIpc) is 2.74. The molecule has 0 radical (unpaired) electrons. The molecule has 1 unspecified atom stereocenters. The Morgan fingerprint density at radius 3 is 2.12 bits per heavy atom. The van der Waals surface area contributed by atoms with E-state index >= 15 is 0 Å². The number of anilines is 1. The van der Waals surface area contributed by atoms with Gasteiger partial charge in [0.15, 0.2) is 9.84 Å². The van der Waals surface area contributed by atoms with E-state index in [0.29, 0.717) is 12.1 Å². The number of rotatable bonds is 8. The number of benzene rings is 3. The van der Waals surface area contributed by atoms with E-state index in [1.807, 2.05) is 37.3 Å². The summed E-state index contributed by atoms with van der Waals surface area (Å²) in [4.78, 5) is 13.1. The zero-order valence-corrected chi connectivity index (χ0v) is 19.8. The third kappa shape index (κ3) is 5.46. The van der Waals surface area contributed by atoms with Crippen LogP contribution < -0.4 is 9.62 Å². The highest BCUT2D eigenvalue weighted by Gasteiger charge is 2.24. The Labute approximate surface area is 189 Å². The molecule has 1 atom stereocenters. The fraction of sp³-hybridized carbons (Fsp3) is 0.261. The minimum absolute atomic E-state index is 0.196. The van der Waals surface area contributed by atoms with Crippen molar-refractivity contribution in [1.29, 1.82) is 0 Å². The van der Waals surface area contributed by atoms with Gasteiger partial charge in [-0.25, -0.2) is 16.8 Å². The normalized spacial score (nSPS) is 13.0. The largest absolute Gasteiger partial charge is 0.348 e. The summed E-state index contributed by atoms with van der Waals surface area (Å²) in [6.45, 7) is 1.51. The van der Waals surface area contributed by atoms with E-state index < -0.39 is 25.8 Å². The van der Waals surface area contributed by atoms with Crippen LogP contribution in [0.15, 0.2) is 71.6 Å². The van der Waals surface area contributed by atoms with Crippen LogP contribution >= 0.6 is 0 Å². The molecule has 7 nitrogen and oxygen atoms in total. The fourth-order valence-electron chi connectivity index (χ4n) is 3.55. The number of nitrogens with one attached hydrogen (secondary N) is 1. The van der Waals surface area contributed by atoms with Gasteiger partial charge in [-0.2, -0.15) is 0 Å². The lowest BCUT2D eigenvalue weighted by atomic mass is 10.0. The van der Waals surface area contributed by atoms with Gasteiger partial charge in [-0.15, -0.1) is 0 Å². The Morgan fingerprint density at radius 2 is 1.53 bits per heavy atom. The molecule has 0 bridgehead atoms. The van der Waals surface area contributed by atoms with E-state index in [1.54, 1.807) is 24.3 Å². The molecule has 1 amide bonds. The molecule has 0 saturated heterocycles. The van der Waals surface area contributed by atoms with E-state index in [1.165, 1.54) is 12.1 Å². The molecule has 0 heterocycles. The van der Waals surface area contributed by atoms with Crippen molar-refractivity contribution in [2.75, 3.05) is 23.4 Å². The number of amides is 1. The van der Waals surface area contributed by atoms with Gasteiger partial charge in [-0.05, 0) is 35.6 Å². The first kappa shape index (κ1) is 23.7. The number of sulfonamides is 1. The molecule has 0 saturated carbocycles. The summed E-state index contributed by atoms with van der Waals surface area (Å²) in [5.74, 6) is -0.456. The quantitative estimate of drug-likeness (QED) is 0.540. The van der Waals surface area contributed by atoms with Crippen LogP contribution in [0.5, 0.6) is 0 Å². The first-order valence-electron chi connectivity index (χ1n) is 10.1. The Morgan fingerprint density at radius 1 is 0.906 bits per heavy atom. The minimum atomic E-state index is -3.73. The van der Waals surface area contributed by atoms with E-state index in [9.17, 15) is 21.6 Å². The van der Waals surface area contributed by atoms with Crippen molar-refractivity contribution in [1.82, 2.24) is 5.32 Å². The van der Waals surface area contributed by atoms with Crippen LogP contribution in [0.1, 0.15) is 24.9 Å². The summed E-state index contributed by atoms with van der Waals surface area (Å²) < 4.78 is 49.6. The Balaban J connectivity index is 1.85. The van der Waals surface area contributed by atoms with Crippen LogP contribution in [0.4, 0.5) is 5.69 Å². The maximum absolute atomic E-state index is 12.9. The zero-order valence-electron chi connectivity index (χ0n) is 18.1. The van der Waals surface area contributed by atoms with Crippen LogP contribution in [0.25, 0.3) is 10.8 Å². The summed E-state index contributed by atoms with van der Waals surface area (Å²) in [6, 6.07) is 18.6. The van der Waals surface area contributed by atoms with Crippen LogP contribution in [-0.2, 0) is 24.7 Å². The SMILES string of the molecule is CCC(NC(=O)CN(c1cccc2ccccc12)S(C)(=O)=O)c1ccc(S(C)(=O)=O)cc1. The van der Waals surface area contributed by atoms with E-state index in [0.717, 1.165) is 33.2 Å². The van der Waals surface area contributed by atoms with Crippen molar-refractivity contribution in [2.24, 2.45) is 0 Å². The molecule has 0 aliphatic heterocycles. The minimum Gasteiger partial charge on any atom is -0.348 e. The van der Waals surface area contributed by atoms with Crippen molar-refractivity contribution in [3.8, 4) is 0 Å². The smallest absolute Gasteiger partial charge is 0.241 e. The van der Waals surface area contributed by atoms with Gasteiger partial charge in [0.25, 0.3) is 0 Å². The van der Waals surface area contributed by atoms with Gasteiger partial charge in [0.05, 0.1) is 22.9 Å². The van der Waals surface area contributed by atoms with E-state index in [2.05, 4.69) is 5.32 Å². The van der Waals surface area contributed by atoms with Gasteiger partial charge in [0.1, 0.15) is 6.54 Å². The first-order chi connectivity index (χ1) is 15.0. The van der Waals surface area contributed by atoms with Gasteiger partial charge >= 0.3 is 0 Å². The topological polar surface area (TPSA) is 101 Å². The molecule has 0 fully saturated rings. The molecule has 0 aliphatic carbocycles. The van der Waals surface area contributed by atoms with Gasteiger partial charge in [0.2, 0.25) is 15.9 Å². The van der Waals surface area contributed by atoms with Crippen molar-refractivity contribution >= 4 is 42.2 Å². The molecule has 3 aromatic carbocycles. The predicted molar refractivity (Wildman–Crippen MR) is 127 cm³/mol. The summed E-state index contributed by atoms with van der Waals surface area (Å²) >= 11 is 0. The number of fused-ring (bicyclic) bond motifs is 1.